The van der Waals surface area contributed by atoms with Crippen LogP contribution >= 0.6 is 0 Å². The lowest BCUT2D eigenvalue weighted by molar-refractivity contribution is -0.333. The van der Waals surface area contributed by atoms with Crippen LogP contribution in [-0.4, -0.2) is 167 Å². The van der Waals surface area contributed by atoms with E-state index in [2.05, 4.69) is 20.8 Å². The van der Waals surface area contributed by atoms with Gasteiger partial charge in [0.05, 0.1) is 43.7 Å². The summed E-state index contributed by atoms with van der Waals surface area (Å²) in [4.78, 5) is 0. The van der Waals surface area contributed by atoms with Crippen molar-refractivity contribution in [1.29, 1.82) is 0 Å². The molecule has 7 aliphatic rings. The van der Waals surface area contributed by atoms with E-state index in [9.17, 15) is 56.2 Å². The van der Waals surface area contributed by atoms with Gasteiger partial charge in [0, 0.05) is 24.2 Å². The number of aliphatic hydroxyl groups excluding tert-OH is 9. The summed E-state index contributed by atoms with van der Waals surface area (Å²) in [5.41, 5.74) is -1.88. The van der Waals surface area contributed by atoms with Crippen LogP contribution in [-0.2, 0) is 23.7 Å². The molecule has 55 heavy (non-hydrogen) atoms. The molecule has 4 saturated carbocycles. The van der Waals surface area contributed by atoms with Gasteiger partial charge in [-0.1, -0.05) is 27.7 Å². The van der Waals surface area contributed by atoms with Crippen LogP contribution in [0.4, 0.5) is 0 Å². The van der Waals surface area contributed by atoms with E-state index in [-0.39, 0.29) is 60.6 Å². The number of ether oxygens (including phenoxy) is 5. The number of hydrogen-bond donors (Lipinski definition) is 11. The fourth-order valence-corrected chi connectivity index (χ4v) is 12.7. The van der Waals surface area contributed by atoms with Crippen LogP contribution in [0.2, 0.25) is 0 Å². The second-order valence-corrected chi connectivity index (χ2v) is 19.0. The van der Waals surface area contributed by atoms with Crippen LogP contribution in [0.15, 0.2) is 0 Å². The van der Waals surface area contributed by atoms with Gasteiger partial charge in [-0.3, -0.25) is 0 Å². The molecule has 0 bridgehead atoms. The van der Waals surface area contributed by atoms with Crippen LogP contribution in [0.25, 0.3) is 0 Å². The summed E-state index contributed by atoms with van der Waals surface area (Å²) in [6.07, 6.45) is -10.9. The van der Waals surface area contributed by atoms with Crippen LogP contribution in [0.3, 0.4) is 0 Å². The Morgan fingerprint density at radius 2 is 1.38 bits per heavy atom. The summed E-state index contributed by atoms with van der Waals surface area (Å²) >= 11 is 0. The fourth-order valence-electron chi connectivity index (χ4n) is 12.7. The number of rotatable bonds is 10. The zero-order chi connectivity index (χ0) is 40.0. The molecule has 3 heterocycles. The van der Waals surface area contributed by atoms with Crippen molar-refractivity contribution in [3.8, 4) is 0 Å². The van der Waals surface area contributed by atoms with E-state index in [0.717, 1.165) is 25.7 Å². The maximum absolute atomic E-state index is 12.4. The van der Waals surface area contributed by atoms with Gasteiger partial charge in [0.2, 0.25) is 0 Å². The van der Waals surface area contributed by atoms with Crippen molar-refractivity contribution < 1.29 is 79.9 Å². The molecule has 0 radical (unpaired) electrons. The maximum Gasteiger partial charge on any atom is 0.187 e. The van der Waals surface area contributed by atoms with Gasteiger partial charge in [-0.05, 0) is 80.0 Å². The quantitative estimate of drug-likeness (QED) is 0.112. The molecule has 0 aromatic carbocycles. The van der Waals surface area contributed by atoms with Gasteiger partial charge < -0.3 is 79.9 Å². The van der Waals surface area contributed by atoms with E-state index < -0.39 is 104 Å². The minimum Gasteiger partial charge on any atom is -0.394 e. The Balaban J connectivity index is 0.964. The minimum atomic E-state index is -1.61. The monoisotopic (exact) mass is 790 g/mol. The third-order valence-corrected chi connectivity index (χ3v) is 16.0. The highest BCUT2D eigenvalue weighted by Crippen LogP contribution is 2.71. The molecule has 16 heteroatoms. The second kappa shape index (κ2) is 15.4. The smallest absolute Gasteiger partial charge is 0.187 e. The molecule has 7 rings (SSSR count). The molecule has 0 amide bonds. The second-order valence-electron chi connectivity index (χ2n) is 19.0. The Labute approximate surface area is 322 Å². The molecule has 3 saturated heterocycles. The molecule has 16 nitrogen and oxygen atoms in total. The molecule has 7 fully saturated rings. The van der Waals surface area contributed by atoms with Crippen molar-refractivity contribution in [3.05, 3.63) is 0 Å². The predicted molar refractivity (Wildman–Crippen MR) is 189 cm³/mol. The first kappa shape index (κ1) is 42.5. The van der Waals surface area contributed by atoms with Gasteiger partial charge in [0.25, 0.3) is 0 Å². The van der Waals surface area contributed by atoms with Crippen molar-refractivity contribution in [2.24, 2.45) is 46.3 Å². The molecule has 3 aliphatic heterocycles. The van der Waals surface area contributed by atoms with Crippen molar-refractivity contribution in [2.45, 2.75) is 177 Å². The van der Waals surface area contributed by atoms with Crippen LogP contribution in [0.1, 0.15) is 85.5 Å². The zero-order valence-corrected chi connectivity index (χ0v) is 32.4. The summed E-state index contributed by atoms with van der Waals surface area (Å²) in [7, 11) is 0. The molecule has 4 aliphatic carbocycles. The zero-order valence-electron chi connectivity index (χ0n) is 32.4. The third-order valence-electron chi connectivity index (χ3n) is 16.0. The molecule has 1 unspecified atom stereocenters. The topological polar surface area (TPSA) is 269 Å². The normalized spacial score (nSPS) is 57.0. The largest absolute Gasteiger partial charge is 0.394 e. The SMILES string of the molecule is CC(CC[C@@]1(O)O[C@H]2C[C@H]3[C@@H]4CC[C@@]5(O)C[C@@H](O[C@@H]6O[C@H](CO)[C@@H](O)[C@H](O)[C@H]6O)[C@H](O)C[C@]5(C)[C@H]4CC[C@]3(C)[C@H]2[C@@H]1C)CO[C@@H]1O[C@H](CO)[C@@H](O)[C@H](O)[C@H]1O. The summed E-state index contributed by atoms with van der Waals surface area (Å²) in [5, 5.41) is 116. The highest BCUT2D eigenvalue weighted by Gasteiger charge is 2.70. The Bertz CT molecular complexity index is 1340. The minimum absolute atomic E-state index is 0.0683. The van der Waals surface area contributed by atoms with Gasteiger partial charge in [0.15, 0.2) is 18.4 Å². The predicted octanol–water partition coefficient (Wildman–Crippen LogP) is -1.52. The van der Waals surface area contributed by atoms with E-state index >= 15 is 0 Å². The van der Waals surface area contributed by atoms with E-state index in [4.69, 9.17) is 23.7 Å². The van der Waals surface area contributed by atoms with Crippen molar-refractivity contribution in [1.82, 2.24) is 0 Å². The molecular weight excluding hydrogens is 724 g/mol. The third kappa shape index (κ3) is 6.95. The first-order valence-electron chi connectivity index (χ1n) is 20.5. The van der Waals surface area contributed by atoms with Crippen LogP contribution in [0, 0.1) is 46.3 Å². The highest BCUT2D eigenvalue weighted by molar-refractivity contribution is 5.18. The maximum atomic E-state index is 12.4. The number of fused-ring (bicyclic) bond motifs is 7. The lowest BCUT2D eigenvalue weighted by atomic mass is 9.42. The average Bonchev–Trinajstić information content (AvgIpc) is 3.58. The summed E-state index contributed by atoms with van der Waals surface area (Å²) < 4.78 is 29.4. The molecule has 0 aromatic heterocycles. The molecular formula is C39H66O16. The average molecular weight is 791 g/mol. The fraction of sp³-hybridized carbons (Fsp3) is 1.00. The van der Waals surface area contributed by atoms with Gasteiger partial charge in [-0.2, -0.15) is 0 Å². The Hall–Kier alpha value is -0.640. The Kier molecular flexibility index (Phi) is 11.9. The summed E-state index contributed by atoms with van der Waals surface area (Å²) in [6.45, 7) is 7.46. The van der Waals surface area contributed by atoms with Crippen LogP contribution < -0.4 is 0 Å². The highest BCUT2D eigenvalue weighted by atomic mass is 16.7. The first-order valence-corrected chi connectivity index (χ1v) is 20.5. The lowest BCUT2D eigenvalue weighted by Gasteiger charge is -2.65. The van der Waals surface area contributed by atoms with Gasteiger partial charge in [0.1, 0.15) is 48.8 Å². The van der Waals surface area contributed by atoms with Gasteiger partial charge >= 0.3 is 0 Å². The molecule has 11 N–H and O–H groups in total. The van der Waals surface area contributed by atoms with Gasteiger partial charge in [-0.25, -0.2) is 0 Å². The van der Waals surface area contributed by atoms with E-state index in [1.54, 1.807) is 0 Å². The summed E-state index contributed by atoms with van der Waals surface area (Å²) in [5.74, 6) is -0.693. The molecule has 0 spiro atoms. The Morgan fingerprint density at radius 3 is 2.02 bits per heavy atom. The molecule has 318 valence electrons. The van der Waals surface area contributed by atoms with Crippen molar-refractivity contribution in [2.75, 3.05) is 19.8 Å². The number of aliphatic hydroxyl groups is 11. The van der Waals surface area contributed by atoms with Crippen molar-refractivity contribution in [3.63, 3.8) is 0 Å². The summed E-state index contributed by atoms with van der Waals surface area (Å²) in [6, 6.07) is 0. The standard InChI is InChI=1S/C39H66O16/c1-17(16-51-34-32(47)30(45)28(43)25(14-40)53-34)5-10-39(50)18(2)27-23(55-39)11-21-19-6-9-38(49)13-24(52-35-33(48)31(46)29(44)26(15-41)54-35)22(42)12-37(38,4)20(19)7-8-36(21,27)3/h17-35,40-50H,5-16H2,1-4H3/t17?,18-,19+,20-,21-,22+,23-,24+,25+,26+,27-,28+,29+,30-,31-,32+,33+,34+,35+,36-,37+,38+,39+/m0/s1. The van der Waals surface area contributed by atoms with Crippen molar-refractivity contribution >= 4 is 0 Å². The van der Waals surface area contributed by atoms with Gasteiger partial charge in [-0.15, -0.1) is 0 Å². The van der Waals surface area contributed by atoms with E-state index in [1.165, 1.54) is 0 Å². The van der Waals surface area contributed by atoms with E-state index in [1.807, 2.05) is 6.92 Å². The van der Waals surface area contributed by atoms with Crippen LogP contribution in [0.5, 0.6) is 0 Å². The first-order chi connectivity index (χ1) is 25.8. The lowest BCUT2D eigenvalue weighted by Crippen LogP contribution is -2.67. The molecule has 0 aromatic rings. The van der Waals surface area contributed by atoms with E-state index in [0.29, 0.717) is 25.2 Å². The Morgan fingerprint density at radius 1 is 0.764 bits per heavy atom. The molecule has 23 atom stereocenters. The number of hydrogen-bond acceptors (Lipinski definition) is 16.